The molecule has 0 aliphatic carbocycles. The van der Waals surface area contributed by atoms with E-state index in [1.54, 1.807) is 6.21 Å². The number of hydrogen-bond acceptors (Lipinski definition) is 3. The van der Waals surface area contributed by atoms with Crippen molar-refractivity contribution in [1.82, 2.24) is 0 Å². The highest BCUT2D eigenvalue weighted by Gasteiger charge is 1.95. The molecule has 2 rings (SSSR count). The zero-order valence-electron chi connectivity index (χ0n) is 11.6. The summed E-state index contributed by atoms with van der Waals surface area (Å²) < 4.78 is 0. The number of para-hydroxylation sites is 1. The second-order valence-corrected chi connectivity index (χ2v) is 4.49. The fourth-order valence-electron chi connectivity index (χ4n) is 1.73. The van der Waals surface area contributed by atoms with Crippen molar-refractivity contribution in [3.05, 3.63) is 59.7 Å². The third-order valence-corrected chi connectivity index (χ3v) is 2.77. The zero-order chi connectivity index (χ0) is 14.4. The van der Waals surface area contributed by atoms with Crippen molar-refractivity contribution >= 4 is 23.5 Å². The molecule has 0 saturated carbocycles. The van der Waals surface area contributed by atoms with Gasteiger partial charge in [0.15, 0.2) is 0 Å². The highest BCUT2D eigenvalue weighted by Crippen LogP contribution is 2.13. The Morgan fingerprint density at radius 2 is 1.80 bits per heavy atom. The molecule has 0 saturated heterocycles. The minimum absolute atomic E-state index is 0.0763. The first-order valence-electron chi connectivity index (χ1n) is 6.37. The summed E-state index contributed by atoms with van der Waals surface area (Å²) in [7, 11) is 0. The number of anilines is 2. The van der Waals surface area contributed by atoms with Crippen LogP contribution in [0.1, 0.15) is 18.1 Å². The summed E-state index contributed by atoms with van der Waals surface area (Å²) in [5.74, 6) is -0.0763. The summed E-state index contributed by atoms with van der Waals surface area (Å²) in [6.07, 6.45) is 1.74. The molecular weight excluding hydrogens is 250 g/mol. The molecule has 0 bridgehead atoms. The zero-order valence-corrected chi connectivity index (χ0v) is 11.6. The Balaban J connectivity index is 1.98. The number of aryl methyl sites for hydroxylation is 1. The van der Waals surface area contributed by atoms with Crippen LogP contribution >= 0.6 is 0 Å². The molecule has 0 aliphatic rings. The quantitative estimate of drug-likeness (QED) is 0.659. The maximum Gasteiger partial charge on any atom is 0.221 e. The maximum atomic E-state index is 10.9. The predicted molar refractivity (Wildman–Crippen MR) is 83.1 cm³/mol. The van der Waals surface area contributed by atoms with Crippen molar-refractivity contribution in [3.63, 3.8) is 0 Å². The van der Waals surface area contributed by atoms with Crippen LogP contribution in [-0.2, 0) is 4.79 Å². The van der Waals surface area contributed by atoms with Crippen molar-refractivity contribution in [2.24, 2.45) is 5.10 Å². The molecule has 2 aromatic rings. The average Bonchev–Trinajstić information content (AvgIpc) is 2.42. The summed E-state index contributed by atoms with van der Waals surface area (Å²) in [5, 5.41) is 6.92. The second kappa shape index (κ2) is 6.52. The first-order chi connectivity index (χ1) is 9.65. The molecule has 2 aromatic carbocycles. The van der Waals surface area contributed by atoms with Crippen LogP contribution in [-0.4, -0.2) is 12.1 Å². The molecule has 4 nitrogen and oxygen atoms in total. The first kappa shape index (κ1) is 13.8. The molecule has 0 fully saturated rings. The van der Waals surface area contributed by atoms with Crippen LogP contribution in [0.4, 0.5) is 11.4 Å². The number of nitrogens with zero attached hydrogens (tertiary/aromatic N) is 1. The minimum atomic E-state index is -0.0763. The Bertz CT molecular complexity index is 618. The molecule has 4 heteroatoms. The Hall–Kier alpha value is -2.62. The van der Waals surface area contributed by atoms with Crippen LogP contribution < -0.4 is 10.7 Å². The van der Waals surface area contributed by atoms with Gasteiger partial charge in [-0.05, 0) is 36.2 Å². The van der Waals surface area contributed by atoms with E-state index >= 15 is 0 Å². The molecule has 1 amide bonds. The van der Waals surface area contributed by atoms with Gasteiger partial charge in [0.1, 0.15) is 0 Å². The Morgan fingerprint density at radius 3 is 2.45 bits per heavy atom. The summed E-state index contributed by atoms with van der Waals surface area (Å²) in [6.45, 7) is 3.52. The van der Waals surface area contributed by atoms with E-state index in [4.69, 9.17) is 0 Å². The maximum absolute atomic E-state index is 10.9. The van der Waals surface area contributed by atoms with Crippen molar-refractivity contribution < 1.29 is 4.79 Å². The van der Waals surface area contributed by atoms with Gasteiger partial charge in [0.25, 0.3) is 0 Å². The van der Waals surface area contributed by atoms with Crippen molar-refractivity contribution in [2.75, 3.05) is 10.7 Å². The van der Waals surface area contributed by atoms with Gasteiger partial charge in [-0.3, -0.25) is 10.2 Å². The van der Waals surface area contributed by atoms with E-state index in [9.17, 15) is 4.79 Å². The molecule has 20 heavy (non-hydrogen) atoms. The normalized spacial score (nSPS) is 10.5. The second-order valence-electron chi connectivity index (χ2n) is 4.49. The van der Waals surface area contributed by atoms with Crippen LogP contribution in [0.5, 0.6) is 0 Å². The van der Waals surface area contributed by atoms with Crippen LogP contribution in [0.25, 0.3) is 0 Å². The average molecular weight is 267 g/mol. The lowest BCUT2D eigenvalue weighted by Gasteiger charge is -2.04. The van der Waals surface area contributed by atoms with Gasteiger partial charge in [0.2, 0.25) is 5.91 Å². The Morgan fingerprint density at radius 1 is 1.10 bits per heavy atom. The monoisotopic (exact) mass is 267 g/mol. The first-order valence-corrected chi connectivity index (χ1v) is 6.37. The smallest absolute Gasteiger partial charge is 0.221 e. The fourth-order valence-corrected chi connectivity index (χ4v) is 1.73. The number of benzene rings is 2. The molecule has 0 heterocycles. The largest absolute Gasteiger partial charge is 0.326 e. The molecule has 0 aliphatic heterocycles. The molecule has 0 radical (unpaired) electrons. The summed E-state index contributed by atoms with van der Waals surface area (Å²) in [4.78, 5) is 10.9. The SMILES string of the molecule is CC(=O)Nc1ccc(/C=N\Nc2ccccc2C)cc1. The lowest BCUT2D eigenvalue weighted by atomic mass is 10.2. The van der Waals surface area contributed by atoms with Gasteiger partial charge in [-0.2, -0.15) is 5.10 Å². The number of nitrogens with one attached hydrogen (secondary N) is 2. The summed E-state index contributed by atoms with van der Waals surface area (Å²) in [5.41, 5.74) is 6.87. The predicted octanol–water partition coefficient (Wildman–Crippen LogP) is 3.40. The fraction of sp³-hybridized carbons (Fsp3) is 0.125. The highest BCUT2D eigenvalue weighted by atomic mass is 16.1. The van der Waals surface area contributed by atoms with E-state index < -0.39 is 0 Å². The number of amides is 1. The van der Waals surface area contributed by atoms with Gasteiger partial charge in [-0.25, -0.2) is 0 Å². The molecular formula is C16H17N3O. The van der Waals surface area contributed by atoms with E-state index in [-0.39, 0.29) is 5.91 Å². The van der Waals surface area contributed by atoms with Crippen LogP contribution in [0.3, 0.4) is 0 Å². The third-order valence-electron chi connectivity index (χ3n) is 2.77. The van der Waals surface area contributed by atoms with Crippen LogP contribution in [0, 0.1) is 6.92 Å². The van der Waals surface area contributed by atoms with Gasteiger partial charge in [0, 0.05) is 12.6 Å². The molecule has 0 aromatic heterocycles. The Labute approximate surface area is 118 Å². The number of hydrogen-bond donors (Lipinski definition) is 2. The van der Waals surface area contributed by atoms with Gasteiger partial charge >= 0.3 is 0 Å². The van der Waals surface area contributed by atoms with Crippen molar-refractivity contribution in [3.8, 4) is 0 Å². The topological polar surface area (TPSA) is 53.5 Å². The van der Waals surface area contributed by atoms with Gasteiger partial charge in [-0.1, -0.05) is 30.3 Å². The van der Waals surface area contributed by atoms with E-state index in [2.05, 4.69) is 15.8 Å². The molecule has 2 N–H and O–H groups in total. The molecule has 102 valence electrons. The summed E-state index contributed by atoms with van der Waals surface area (Å²) >= 11 is 0. The van der Waals surface area contributed by atoms with E-state index in [1.807, 2.05) is 55.5 Å². The van der Waals surface area contributed by atoms with Gasteiger partial charge < -0.3 is 5.32 Å². The number of carbonyl (C=O) groups is 1. The number of rotatable bonds is 4. The van der Waals surface area contributed by atoms with E-state index in [0.717, 1.165) is 22.5 Å². The molecule has 0 spiro atoms. The van der Waals surface area contributed by atoms with Crippen LogP contribution in [0.2, 0.25) is 0 Å². The number of hydrazone groups is 1. The lowest BCUT2D eigenvalue weighted by molar-refractivity contribution is -0.114. The number of carbonyl (C=O) groups excluding carboxylic acids is 1. The third kappa shape index (κ3) is 3.95. The lowest BCUT2D eigenvalue weighted by Crippen LogP contribution is -2.05. The van der Waals surface area contributed by atoms with Crippen molar-refractivity contribution in [1.29, 1.82) is 0 Å². The van der Waals surface area contributed by atoms with E-state index in [1.165, 1.54) is 6.92 Å². The van der Waals surface area contributed by atoms with Gasteiger partial charge in [0.05, 0.1) is 11.9 Å². The molecule has 0 atom stereocenters. The van der Waals surface area contributed by atoms with Crippen LogP contribution in [0.15, 0.2) is 53.6 Å². The molecule has 0 unspecified atom stereocenters. The van der Waals surface area contributed by atoms with Gasteiger partial charge in [-0.15, -0.1) is 0 Å². The van der Waals surface area contributed by atoms with E-state index in [0.29, 0.717) is 0 Å². The highest BCUT2D eigenvalue weighted by molar-refractivity contribution is 5.89. The minimum Gasteiger partial charge on any atom is -0.326 e. The Kier molecular flexibility index (Phi) is 4.50. The van der Waals surface area contributed by atoms with Crippen molar-refractivity contribution in [2.45, 2.75) is 13.8 Å². The summed E-state index contributed by atoms with van der Waals surface area (Å²) in [6, 6.07) is 15.4. The standard InChI is InChI=1S/C16H17N3O/c1-12-5-3-4-6-16(12)19-17-11-14-7-9-15(10-8-14)18-13(2)20/h3-11,19H,1-2H3,(H,18,20)/b17-11-.